The Hall–Kier alpha value is -1.06. The number of aliphatic carboxylic acids is 1. The van der Waals surface area contributed by atoms with Crippen molar-refractivity contribution in [2.45, 2.75) is 20.3 Å². The van der Waals surface area contributed by atoms with Crippen molar-refractivity contribution in [3.63, 3.8) is 0 Å². The molecule has 2 N–H and O–H groups in total. The second kappa shape index (κ2) is 3.77. The van der Waals surface area contributed by atoms with Crippen molar-refractivity contribution in [1.82, 2.24) is 5.32 Å². The van der Waals surface area contributed by atoms with Crippen molar-refractivity contribution in [3.8, 4) is 0 Å². The molecule has 74 valence electrons. The summed E-state index contributed by atoms with van der Waals surface area (Å²) in [5.41, 5.74) is 0. The van der Waals surface area contributed by atoms with Gasteiger partial charge in [0.15, 0.2) is 0 Å². The Bertz CT molecular complexity index is 225. The summed E-state index contributed by atoms with van der Waals surface area (Å²) in [6, 6.07) is 0. The zero-order chi connectivity index (χ0) is 10.0. The number of carboxylic acid groups (broad SMARTS) is 1. The van der Waals surface area contributed by atoms with E-state index in [0.29, 0.717) is 18.9 Å². The summed E-state index contributed by atoms with van der Waals surface area (Å²) in [7, 11) is 0. The summed E-state index contributed by atoms with van der Waals surface area (Å²) >= 11 is 0. The molecule has 0 unspecified atom stereocenters. The molecule has 0 bridgehead atoms. The summed E-state index contributed by atoms with van der Waals surface area (Å²) < 4.78 is 0. The van der Waals surface area contributed by atoms with E-state index in [1.54, 1.807) is 0 Å². The van der Waals surface area contributed by atoms with Crippen LogP contribution >= 0.6 is 0 Å². The maximum atomic E-state index is 11.3. The molecule has 0 aromatic carbocycles. The van der Waals surface area contributed by atoms with E-state index < -0.39 is 11.9 Å². The average molecular weight is 185 g/mol. The molecule has 0 heterocycles. The third-order valence-corrected chi connectivity index (χ3v) is 2.13. The average Bonchev–Trinajstić information content (AvgIpc) is 2.78. The Morgan fingerprint density at radius 3 is 2.46 bits per heavy atom. The lowest BCUT2D eigenvalue weighted by Crippen LogP contribution is -2.29. The first-order valence-electron chi connectivity index (χ1n) is 4.53. The van der Waals surface area contributed by atoms with Gasteiger partial charge in [-0.2, -0.15) is 0 Å². The number of carbonyl (C=O) groups is 2. The van der Waals surface area contributed by atoms with Gasteiger partial charge in [0.2, 0.25) is 5.91 Å². The predicted octanol–water partition coefficient (Wildman–Crippen LogP) is 0.479. The van der Waals surface area contributed by atoms with Gasteiger partial charge in [0, 0.05) is 6.54 Å². The third-order valence-electron chi connectivity index (χ3n) is 2.13. The highest BCUT2D eigenvalue weighted by atomic mass is 16.4. The molecule has 13 heavy (non-hydrogen) atoms. The Morgan fingerprint density at radius 2 is 2.08 bits per heavy atom. The van der Waals surface area contributed by atoms with Crippen LogP contribution in [0.2, 0.25) is 0 Å². The third kappa shape index (κ3) is 2.72. The first-order chi connectivity index (χ1) is 6.02. The number of carbonyl (C=O) groups excluding carboxylic acids is 1. The summed E-state index contributed by atoms with van der Waals surface area (Å²) in [4.78, 5) is 21.7. The molecule has 1 fully saturated rings. The Labute approximate surface area is 77.3 Å². The molecule has 0 saturated heterocycles. The second-order valence-electron chi connectivity index (χ2n) is 3.93. The lowest BCUT2D eigenvalue weighted by molar-refractivity contribution is -0.140. The van der Waals surface area contributed by atoms with E-state index in [1.165, 1.54) is 0 Å². The number of nitrogens with one attached hydrogen (secondary N) is 1. The normalized spacial score (nSPS) is 25.8. The van der Waals surface area contributed by atoms with Crippen LogP contribution in [0, 0.1) is 17.8 Å². The van der Waals surface area contributed by atoms with Crippen LogP contribution in [0.1, 0.15) is 20.3 Å². The van der Waals surface area contributed by atoms with E-state index in [0.717, 1.165) is 0 Å². The molecular formula is C9H15NO3. The van der Waals surface area contributed by atoms with Crippen LogP contribution in [0.3, 0.4) is 0 Å². The number of hydrogen-bond donors (Lipinski definition) is 2. The smallest absolute Gasteiger partial charge is 0.307 e. The Kier molecular flexibility index (Phi) is 2.90. The fraction of sp³-hybridized carbons (Fsp3) is 0.778. The molecule has 4 nitrogen and oxygen atoms in total. The zero-order valence-corrected chi connectivity index (χ0v) is 7.91. The summed E-state index contributed by atoms with van der Waals surface area (Å²) in [5.74, 6) is -1.28. The van der Waals surface area contributed by atoms with Gasteiger partial charge >= 0.3 is 5.97 Å². The maximum absolute atomic E-state index is 11.3. The van der Waals surface area contributed by atoms with Crippen LogP contribution in [0.25, 0.3) is 0 Å². The van der Waals surface area contributed by atoms with Crippen molar-refractivity contribution in [1.29, 1.82) is 0 Å². The predicted molar refractivity (Wildman–Crippen MR) is 47.1 cm³/mol. The monoisotopic (exact) mass is 185 g/mol. The molecule has 2 atom stereocenters. The van der Waals surface area contributed by atoms with Gasteiger partial charge in [-0.3, -0.25) is 9.59 Å². The second-order valence-corrected chi connectivity index (χ2v) is 3.93. The van der Waals surface area contributed by atoms with Crippen LogP contribution in [-0.2, 0) is 9.59 Å². The molecule has 0 aromatic rings. The highest BCUT2D eigenvalue weighted by Gasteiger charge is 2.48. The molecule has 4 heteroatoms. The fourth-order valence-corrected chi connectivity index (χ4v) is 1.19. The minimum absolute atomic E-state index is 0.110. The van der Waals surface area contributed by atoms with Crippen LogP contribution in [0.4, 0.5) is 0 Å². The Morgan fingerprint density at radius 1 is 1.46 bits per heavy atom. The van der Waals surface area contributed by atoms with Gasteiger partial charge in [-0.15, -0.1) is 0 Å². The molecule has 1 amide bonds. The first kappa shape index (κ1) is 10.0. The van der Waals surface area contributed by atoms with E-state index in [-0.39, 0.29) is 11.8 Å². The fourth-order valence-electron chi connectivity index (χ4n) is 1.19. The van der Waals surface area contributed by atoms with Crippen molar-refractivity contribution in [2.75, 3.05) is 6.54 Å². The van der Waals surface area contributed by atoms with Gasteiger partial charge in [0.1, 0.15) is 0 Å². The molecule has 0 aliphatic heterocycles. The molecule has 0 spiro atoms. The Balaban J connectivity index is 2.24. The molecule has 1 aliphatic rings. The highest BCUT2D eigenvalue weighted by Crippen LogP contribution is 2.38. The van der Waals surface area contributed by atoms with E-state index in [9.17, 15) is 9.59 Å². The van der Waals surface area contributed by atoms with E-state index >= 15 is 0 Å². The molecule has 1 aliphatic carbocycles. The highest BCUT2D eigenvalue weighted by molar-refractivity contribution is 5.89. The largest absolute Gasteiger partial charge is 0.481 e. The summed E-state index contributed by atoms with van der Waals surface area (Å²) in [5, 5.41) is 11.3. The van der Waals surface area contributed by atoms with E-state index in [2.05, 4.69) is 5.32 Å². The van der Waals surface area contributed by atoms with Gasteiger partial charge in [0.05, 0.1) is 11.8 Å². The van der Waals surface area contributed by atoms with Crippen LogP contribution in [-0.4, -0.2) is 23.5 Å². The molecule has 1 rings (SSSR count). The van der Waals surface area contributed by atoms with Gasteiger partial charge < -0.3 is 10.4 Å². The van der Waals surface area contributed by atoms with Crippen molar-refractivity contribution in [2.24, 2.45) is 17.8 Å². The molecule has 0 radical (unpaired) electrons. The molecular weight excluding hydrogens is 170 g/mol. The van der Waals surface area contributed by atoms with E-state index in [1.807, 2.05) is 13.8 Å². The number of rotatable bonds is 4. The number of carboxylic acids is 1. The topological polar surface area (TPSA) is 66.4 Å². The van der Waals surface area contributed by atoms with Gasteiger partial charge in [-0.25, -0.2) is 0 Å². The lowest BCUT2D eigenvalue weighted by atomic mass is 10.2. The van der Waals surface area contributed by atoms with Crippen LogP contribution < -0.4 is 5.32 Å². The number of hydrogen-bond acceptors (Lipinski definition) is 2. The van der Waals surface area contributed by atoms with Gasteiger partial charge in [0.25, 0.3) is 0 Å². The van der Waals surface area contributed by atoms with Crippen molar-refractivity contribution >= 4 is 11.9 Å². The van der Waals surface area contributed by atoms with Crippen LogP contribution in [0.5, 0.6) is 0 Å². The summed E-state index contributed by atoms with van der Waals surface area (Å²) in [6.45, 7) is 4.63. The lowest BCUT2D eigenvalue weighted by Gasteiger charge is -2.06. The van der Waals surface area contributed by atoms with E-state index in [4.69, 9.17) is 5.11 Å². The zero-order valence-electron chi connectivity index (χ0n) is 7.91. The standard InChI is InChI=1S/C9H15NO3/c1-5(2)4-10-8(11)6-3-7(6)9(12)13/h5-7H,3-4H2,1-2H3,(H,10,11)(H,12,13)/t6-,7+/m1/s1. The molecule has 1 saturated carbocycles. The van der Waals surface area contributed by atoms with Crippen LogP contribution in [0.15, 0.2) is 0 Å². The quantitative estimate of drug-likeness (QED) is 0.669. The van der Waals surface area contributed by atoms with Gasteiger partial charge in [-0.1, -0.05) is 13.8 Å². The first-order valence-corrected chi connectivity index (χ1v) is 4.53. The van der Waals surface area contributed by atoms with Crippen molar-refractivity contribution in [3.05, 3.63) is 0 Å². The number of amides is 1. The van der Waals surface area contributed by atoms with Crippen molar-refractivity contribution < 1.29 is 14.7 Å². The minimum Gasteiger partial charge on any atom is -0.481 e. The molecule has 0 aromatic heterocycles. The summed E-state index contributed by atoms with van der Waals surface area (Å²) in [6.07, 6.45) is 0.499. The SMILES string of the molecule is CC(C)CNC(=O)[C@@H]1C[C@@H]1C(=O)O. The maximum Gasteiger partial charge on any atom is 0.307 e. The minimum atomic E-state index is -0.857. The van der Waals surface area contributed by atoms with Gasteiger partial charge in [-0.05, 0) is 12.3 Å².